The first-order valence-corrected chi connectivity index (χ1v) is 21.2. The molecule has 6 nitrogen and oxygen atoms in total. The molecule has 0 unspecified atom stereocenters. The lowest BCUT2D eigenvalue weighted by Crippen LogP contribution is -1.91. The van der Waals surface area contributed by atoms with Crippen LogP contribution in [0.5, 0.6) is 11.5 Å². The molecule has 8 rings (SSSR count). The van der Waals surface area contributed by atoms with Gasteiger partial charge in [-0.1, -0.05) is 181 Å². The molecule has 0 aromatic heterocycles. The minimum atomic E-state index is 0.348. The van der Waals surface area contributed by atoms with Gasteiger partial charge in [0.05, 0.1) is 36.5 Å². The molecule has 0 bridgehead atoms. The summed E-state index contributed by atoms with van der Waals surface area (Å²) >= 11 is 0. The molecule has 6 heteroatoms. The first-order valence-electron chi connectivity index (χ1n) is 21.2. The molecule has 0 N–H and O–H groups in total. The second-order valence-electron chi connectivity index (χ2n) is 15.4. The van der Waals surface area contributed by atoms with Crippen molar-refractivity contribution in [2.75, 3.05) is 14.2 Å². The van der Waals surface area contributed by atoms with E-state index in [1.807, 2.05) is 146 Å². The molecule has 0 atom stereocenters. The fraction of sp³-hybridized carbons (Fsp3) is 0.0667. The molecule has 316 valence electrons. The standard InChI is InChI=1S/C30H22N2O2.C30H22N2/c1-33-27-15-11-23(12-16-27)21-3-7-25(8-4-21)29(19-31)30(20-32)26-9-5-22(6-10-26)24-13-17-28(34-2)18-14-24;1-21-3-7-23(8-4-21)25-11-15-27(16-12-25)29(19-31)30(20-32)28-17-13-26(14-18-28)24-9-5-22(2)6-10-24/h3-18H,1-2H3;3-18H,1-2H3. The zero-order chi connectivity index (χ0) is 46.4. The molecule has 0 saturated carbocycles. The summed E-state index contributed by atoms with van der Waals surface area (Å²) in [6.07, 6.45) is 0. The minimum Gasteiger partial charge on any atom is -0.497 e. The van der Waals surface area contributed by atoms with Gasteiger partial charge in [-0.25, -0.2) is 0 Å². The molecule has 0 heterocycles. The first kappa shape index (κ1) is 44.8. The van der Waals surface area contributed by atoms with Gasteiger partial charge >= 0.3 is 0 Å². The number of rotatable bonds is 10. The summed E-state index contributed by atoms with van der Waals surface area (Å²) in [5.41, 5.74) is 15.3. The molecule has 0 fully saturated rings. The molecule has 0 spiro atoms. The fourth-order valence-corrected chi connectivity index (χ4v) is 7.44. The summed E-state index contributed by atoms with van der Waals surface area (Å²) in [5.74, 6) is 1.60. The number of methoxy groups -OCH3 is 2. The minimum absolute atomic E-state index is 0.348. The van der Waals surface area contributed by atoms with Gasteiger partial charge in [0, 0.05) is 0 Å². The third kappa shape index (κ3) is 10.5. The molecular formula is C60H44N4O2. The lowest BCUT2D eigenvalue weighted by molar-refractivity contribution is 0.415. The molecule has 0 aliphatic carbocycles. The van der Waals surface area contributed by atoms with E-state index in [1.54, 1.807) is 14.2 Å². The number of nitriles is 4. The van der Waals surface area contributed by atoms with Crippen LogP contribution in [0.2, 0.25) is 0 Å². The van der Waals surface area contributed by atoms with Crippen LogP contribution in [0.25, 0.3) is 66.8 Å². The molecule has 66 heavy (non-hydrogen) atoms. The van der Waals surface area contributed by atoms with Crippen LogP contribution >= 0.6 is 0 Å². The highest BCUT2D eigenvalue weighted by atomic mass is 16.5. The third-order valence-electron chi connectivity index (χ3n) is 11.3. The zero-order valence-corrected chi connectivity index (χ0v) is 37.1. The summed E-state index contributed by atoms with van der Waals surface area (Å²) in [5, 5.41) is 39.5. The monoisotopic (exact) mass is 852 g/mol. The molecule has 8 aromatic rings. The molecule has 0 aliphatic rings. The Morgan fingerprint density at radius 3 is 0.606 bits per heavy atom. The van der Waals surface area contributed by atoms with Crippen molar-refractivity contribution in [2.45, 2.75) is 13.8 Å². The second kappa shape index (κ2) is 21.3. The van der Waals surface area contributed by atoms with E-state index < -0.39 is 0 Å². The smallest absolute Gasteiger partial charge is 0.118 e. The van der Waals surface area contributed by atoms with Crippen molar-refractivity contribution >= 4 is 22.3 Å². The predicted molar refractivity (Wildman–Crippen MR) is 266 cm³/mol. The quantitative estimate of drug-likeness (QED) is 0.1000. The Bertz CT molecular complexity index is 2950. The average molecular weight is 853 g/mol. The Hall–Kier alpha value is -9.20. The van der Waals surface area contributed by atoms with E-state index in [0.717, 1.165) is 67.1 Å². The van der Waals surface area contributed by atoms with Crippen molar-refractivity contribution in [1.29, 1.82) is 21.0 Å². The zero-order valence-electron chi connectivity index (χ0n) is 37.1. The molecule has 0 aliphatic heterocycles. The van der Waals surface area contributed by atoms with Crippen LogP contribution in [0.15, 0.2) is 194 Å². The SMILES string of the molecule is COc1ccc(-c2ccc(C(C#N)=C(C#N)c3ccc(-c4ccc(OC)cc4)cc3)cc2)cc1.Cc1ccc(-c2ccc(C(C#N)=C(C#N)c3ccc(-c4ccc(C)cc4)cc3)cc2)cc1. The summed E-state index contributed by atoms with van der Waals surface area (Å²) in [7, 11) is 3.28. The Balaban J connectivity index is 0.000000197. The van der Waals surface area contributed by atoms with Crippen LogP contribution in [0.4, 0.5) is 0 Å². The van der Waals surface area contributed by atoms with Gasteiger partial charge in [-0.15, -0.1) is 0 Å². The van der Waals surface area contributed by atoms with Gasteiger partial charge in [0.15, 0.2) is 0 Å². The van der Waals surface area contributed by atoms with Crippen LogP contribution in [0.3, 0.4) is 0 Å². The maximum absolute atomic E-state index is 9.88. The van der Waals surface area contributed by atoms with E-state index in [1.165, 1.54) is 11.1 Å². The number of ether oxygens (including phenoxy) is 2. The van der Waals surface area contributed by atoms with Crippen molar-refractivity contribution in [1.82, 2.24) is 0 Å². The number of hydrogen-bond donors (Lipinski definition) is 0. The maximum Gasteiger partial charge on any atom is 0.118 e. The third-order valence-corrected chi connectivity index (χ3v) is 11.3. The summed E-state index contributed by atoms with van der Waals surface area (Å²) < 4.78 is 10.4. The van der Waals surface area contributed by atoms with E-state index in [-0.39, 0.29) is 0 Å². The Morgan fingerprint density at radius 1 is 0.273 bits per heavy atom. The van der Waals surface area contributed by atoms with Gasteiger partial charge in [0.2, 0.25) is 0 Å². The largest absolute Gasteiger partial charge is 0.497 e. The Labute approximate surface area is 387 Å². The van der Waals surface area contributed by atoms with E-state index in [9.17, 15) is 21.0 Å². The molecule has 8 aromatic carbocycles. The molecule has 0 radical (unpaired) electrons. The van der Waals surface area contributed by atoms with Gasteiger partial charge in [0.1, 0.15) is 35.8 Å². The van der Waals surface area contributed by atoms with Gasteiger partial charge in [-0.2, -0.15) is 21.0 Å². The second-order valence-corrected chi connectivity index (χ2v) is 15.4. The molecular weight excluding hydrogens is 809 g/mol. The van der Waals surface area contributed by atoms with Crippen molar-refractivity contribution in [3.8, 4) is 80.3 Å². The highest BCUT2D eigenvalue weighted by molar-refractivity contribution is 6.04. The van der Waals surface area contributed by atoms with Crippen LogP contribution < -0.4 is 9.47 Å². The predicted octanol–water partition coefficient (Wildman–Crippen LogP) is 14.6. The molecule has 0 amide bonds. The highest BCUT2D eigenvalue weighted by Gasteiger charge is 2.14. The topological polar surface area (TPSA) is 114 Å². The van der Waals surface area contributed by atoms with Gasteiger partial charge in [-0.3, -0.25) is 0 Å². The van der Waals surface area contributed by atoms with Gasteiger partial charge in [0.25, 0.3) is 0 Å². The van der Waals surface area contributed by atoms with Crippen molar-refractivity contribution < 1.29 is 9.47 Å². The summed E-state index contributed by atoms with van der Waals surface area (Å²) in [6.45, 7) is 4.13. The van der Waals surface area contributed by atoms with Crippen molar-refractivity contribution in [3.05, 3.63) is 228 Å². The van der Waals surface area contributed by atoms with Crippen LogP contribution in [-0.2, 0) is 0 Å². The number of allylic oxidation sites excluding steroid dienone is 4. The number of nitrogens with zero attached hydrogens (tertiary/aromatic N) is 4. The lowest BCUT2D eigenvalue weighted by Gasteiger charge is -2.08. The van der Waals surface area contributed by atoms with Gasteiger partial charge in [-0.05, 0) is 105 Å². The van der Waals surface area contributed by atoms with Crippen LogP contribution in [0, 0.1) is 59.2 Å². The normalized spacial score (nSPS) is 11.2. The summed E-state index contributed by atoms with van der Waals surface area (Å²) in [4.78, 5) is 0. The average Bonchev–Trinajstić information content (AvgIpc) is 3.38. The van der Waals surface area contributed by atoms with E-state index in [0.29, 0.717) is 33.4 Å². The van der Waals surface area contributed by atoms with Crippen LogP contribution in [0.1, 0.15) is 33.4 Å². The lowest BCUT2D eigenvalue weighted by atomic mass is 9.93. The number of benzene rings is 8. The molecule has 0 saturated heterocycles. The van der Waals surface area contributed by atoms with Crippen molar-refractivity contribution in [2.24, 2.45) is 0 Å². The van der Waals surface area contributed by atoms with Crippen LogP contribution in [-0.4, -0.2) is 14.2 Å². The van der Waals surface area contributed by atoms with E-state index >= 15 is 0 Å². The number of hydrogen-bond acceptors (Lipinski definition) is 6. The van der Waals surface area contributed by atoms with E-state index in [2.05, 4.69) is 86.7 Å². The van der Waals surface area contributed by atoms with Gasteiger partial charge < -0.3 is 9.47 Å². The summed E-state index contributed by atoms with van der Waals surface area (Å²) in [6, 6.07) is 72.1. The highest BCUT2D eigenvalue weighted by Crippen LogP contribution is 2.32. The number of aryl methyl sites for hydroxylation is 2. The van der Waals surface area contributed by atoms with E-state index in [4.69, 9.17) is 9.47 Å². The fourth-order valence-electron chi connectivity index (χ4n) is 7.44. The Kier molecular flexibility index (Phi) is 14.4. The van der Waals surface area contributed by atoms with Crippen molar-refractivity contribution in [3.63, 3.8) is 0 Å². The Morgan fingerprint density at radius 2 is 0.439 bits per heavy atom. The maximum atomic E-state index is 9.88. The first-order chi connectivity index (χ1) is 32.2.